The molecule has 1 saturated heterocycles. The normalized spacial score (nSPS) is 23.0. The highest BCUT2D eigenvalue weighted by atomic mass is 19.1. The summed E-state index contributed by atoms with van der Waals surface area (Å²) in [5.41, 5.74) is 2.73. The Morgan fingerprint density at radius 1 is 1.07 bits per heavy atom. The van der Waals surface area contributed by atoms with E-state index in [1.165, 1.54) is 0 Å². The second-order valence-corrected chi connectivity index (χ2v) is 8.09. The molecule has 8 nitrogen and oxygen atoms in total. The first-order valence-corrected chi connectivity index (χ1v) is 10.6. The third kappa shape index (κ3) is 3.87. The number of hydrogen-bond acceptors (Lipinski definition) is 7. The van der Waals surface area contributed by atoms with Crippen LogP contribution in [0, 0.1) is 6.08 Å². The van der Waals surface area contributed by atoms with Gasteiger partial charge in [0.1, 0.15) is 5.52 Å². The summed E-state index contributed by atoms with van der Waals surface area (Å²) in [5, 5.41) is 3.46. The van der Waals surface area contributed by atoms with Crippen molar-refractivity contribution in [2.75, 3.05) is 31.6 Å². The molecule has 5 rings (SSSR count). The maximum absolute atomic E-state index is 14.1. The Labute approximate surface area is 174 Å². The molecule has 0 atom stereocenters. The first-order valence-electron chi connectivity index (χ1n) is 10.6. The predicted molar refractivity (Wildman–Crippen MR) is 112 cm³/mol. The maximum Gasteiger partial charge on any atom is 0.311 e. The molecule has 0 radical (unpaired) electrons. The second-order valence-electron chi connectivity index (χ2n) is 8.09. The monoisotopic (exact) mass is 411 g/mol. The molecule has 30 heavy (non-hydrogen) atoms. The first-order chi connectivity index (χ1) is 14.7. The minimum Gasteiger partial charge on any atom is -0.379 e. The van der Waals surface area contributed by atoms with Crippen molar-refractivity contribution < 1.29 is 9.13 Å². The van der Waals surface area contributed by atoms with Gasteiger partial charge in [0.2, 0.25) is 0 Å². The molecule has 3 aromatic heterocycles. The van der Waals surface area contributed by atoms with Crippen LogP contribution in [-0.2, 0) is 11.8 Å². The summed E-state index contributed by atoms with van der Waals surface area (Å²) in [7, 11) is 1.92. The quantitative estimate of drug-likeness (QED) is 0.661. The van der Waals surface area contributed by atoms with E-state index in [1.807, 2.05) is 17.7 Å². The predicted octanol–water partition coefficient (Wildman–Crippen LogP) is 2.62. The highest BCUT2D eigenvalue weighted by Crippen LogP contribution is 2.29. The SMILES string of the molecule is Cn1cncc1-c1ccc2nc(F)nc(NC3CCC(N4CCOCC4)CC3)c2n1. The maximum atomic E-state index is 14.1. The zero-order valence-corrected chi connectivity index (χ0v) is 17.1. The molecule has 4 heterocycles. The van der Waals surface area contributed by atoms with Gasteiger partial charge in [-0.3, -0.25) is 4.90 Å². The minimum atomic E-state index is -0.734. The number of anilines is 1. The number of nitrogens with one attached hydrogen (secondary N) is 1. The van der Waals surface area contributed by atoms with E-state index in [4.69, 9.17) is 9.72 Å². The van der Waals surface area contributed by atoms with Gasteiger partial charge in [-0.05, 0) is 37.8 Å². The molecule has 2 aliphatic rings. The summed E-state index contributed by atoms with van der Waals surface area (Å²) in [4.78, 5) is 19.4. The van der Waals surface area contributed by atoms with E-state index in [-0.39, 0.29) is 6.04 Å². The molecule has 1 aliphatic carbocycles. The molecule has 158 valence electrons. The highest BCUT2D eigenvalue weighted by molar-refractivity contribution is 5.86. The molecule has 0 amide bonds. The van der Waals surface area contributed by atoms with E-state index < -0.39 is 6.08 Å². The summed E-state index contributed by atoms with van der Waals surface area (Å²) in [6.07, 6.45) is 7.05. The third-order valence-corrected chi connectivity index (χ3v) is 6.19. The molecule has 0 bridgehead atoms. The number of hydrogen-bond donors (Lipinski definition) is 1. The molecule has 9 heteroatoms. The standard InChI is InChI=1S/C21H26FN7O/c1-28-13-23-12-18(28)16-6-7-17-19(25-16)20(27-21(22)26-17)24-14-2-4-15(5-3-14)29-8-10-30-11-9-29/h6-7,12-15H,2-5,8-11H2,1H3,(H,24,26,27). The summed E-state index contributed by atoms with van der Waals surface area (Å²) in [6, 6.07) is 4.49. The Kier molecular flexibility index (Phi) is 5.30. The number of nitrogens with zero attached hydrogens (tertiary/aromatic N) is 6. The van der Waals surface area contributed by atoms with E-state index in [9.17, 15) is 4.39 Å². The Hall–Kier alpha value is -2.65. The average molecular weight is 411 g/mol. The van der Waals surface area contributed by atoms with Crippen LogP contribution in [0.2, 0.25) is 0 Å². The summed E-state index contributed by atoms with van der Waals surface area (Å²) >= 11 is 0. The number of halogens is 1. The number of ether oxygens (including phenoxy) is 1. The van der Waals surface area contributed by atoms with Gasteiger partial charge >= 0.3 is 6.08 Å². The van der Waals surface area contributed by atoms with Crippen molar-refractivity contribution in [1.82, 2.24) is 29.4 Å². The van der Waals surface area contributed by atoms with Gasteiger partial charge in [-0.15, -0.1) is 0 Å². The molecule has 0 aromatic carbocycles. The fourth-order valence-electron chi connectivity index (χ4n) is 4.55. The molecule has 1 aliphatic heterocycles. The fraction of sp³-hybridized carbons (Fsp3) is 0.524. The van der Waals surface area contributed by atoms with E-state index in [0.717, 1.165) is 63.4 Å². The van der Waals surface area contributed by atoms with Gasteiger partial charge in [0, 0.05) is 32.2 Å². The summed E-state index contributed by atoms with van der Waals surface area (Å²) in [6.45, 7) is 3.69. The number of rotatable bonds is 4. The number of morpholine rings is 1. The van der Waals surface area contributed by atoms with E-state index in [0.29, 0.717) is 22.9 Å². The third-order valence-electron chi connectivity index (χ3n) is 6.19. The van der Waals surface area contributed by atoms with E-state index in [2.05, 4.69) is 25.2 Å². The lowest BCUT2D eigenvalue weighted by Gasteiger charge is -2.39. The Morgan fingerprint density at radius 2 is 1.87 bits per heavy atom. The van der Waals surface area contributed by atoms with Gasteiger partial charge in [-0.1, -0.05) is 0 Å². The van der Waals surface area contributed by atoms with Crippen LogP contribution in [0.4, 0.5) is 10.2 Å². The van der Waals surface area contributed by atoms with Crippen molar-refractivity contribution in [2.45, 2.75) is 37.8 Å². The van der Waals surface area contributed by atoms with Crippen LogP contribution < -0.4 is 5.32 Å². The van der Waals surface area contributed by atoms with Crippen molar-refractivity contribution >= 4 is 16.9 Å². The van der Waals surface area contributed by atoms with Crippen LogP contribution in [-0.4, -0.2) is 67.8 Å². The lowest BCUT2D eigenvalue weighted by molar-refractivity contribution is 0.00791. The lowest BCUT2D eigenvalue weighted by Crippen LogP contribution is -2.46. The summed E-state index contributed by atoms with van der Waals surface area (Å²) < 4.78 is 21.4. The largest absolute Gasteiger partial charge is 0.379 e. The Balaban J connectivity index is 1.35. The van der Waals surface area contributed by atoms with Gasteiger partial charge in [-0.2, -0.15) is 9.37 Å². The molecule has 0 unspecified atom stereocenters. The zero-order valence-electron chi connectivity index (χ0n) is 17.1. The Bertz CT molecular complexity index is 1030. The van der Waals surface area contributed by atoms with Crippen molar-refractivity contribution in [2.24, 2.45) is 7.05 Å². The molecular weight excluding hydrogens is 385 g/mol. The molecule has 0 spiro atoms. The van der Waals surface area contributed by atoms with Crippen molar-refractivity contribution in [3.63, 3.8) is 0 Å². The number of pyridine rings is 1. The van der Waals surface area contributed by atoms with E-state index in [1.54, 1.807) is 18.6 Å². The van der Waals surface area contributed by atoms with Crippen LogP contribution >= 0.6 is 0 Å². The van der Waals surface area contributed by atoms with Gasteiger partial charge in [0.15, 0.2) is 5.82 Å². The van der Waals surface area contributed by atoms with Crippen molar-refractivity contribution in [3.8, 4) is 11.4 Å². The topological polar surface area (TPSA) is 81.0 Å². The number of aryl methyl sites for hydroxylation is 1. The van der Waals surface area contributed by atoms with Crippen LogP contribution in [0.3, 0.4) is 0 Å². The lowest BCUT2D eigenvalue weighted by atomic mass is 9.90. The second kappa shape index (κ2) is 8.23. The summed E-state index contributed by atoms with van der Waals surface area (Å²) in [5.74, 6) is 0.469. The van der Waals surface area contributed by atoms with Gasteiger partial charge in [0.25, 0.3) is 0 Å². The average Bonchev–Trinajstić information content (AvgIpc) is 3.20. The highest BCUT2D eigenvalue weighted by Gasteiger charge is 2.27. The van der Waals surface area contributed by atoms with Gasteiger partial charge in [0.05, 0.1) is 42.6 Å². The van der Waals surface area contributed by atoms with Crippen LogP contribution in [0.25, 0.3) is 22.4 Å². The smallest absolute Gasteiger partial charge is 0.311 e. The molecular formula is C21H26FN7O. The molecule has 1 saturated carbocycles. The number of fused-ring (bicyclic) bond motifs is 1. The van der Waals surface area contributed by atoms with Crippen LogP contribution in [0.1, 0.15) is 25.7 Å². The first kappa shape index (κ1) is 19.3. The van der Waals surface area contributed by atoms with E-state index >= 15 is 0 Å². The van der Waals surface area contributed by atoms with Crippen LogP contribution in [0.15, 0.2) is 24.7 Å². The number of imidazole rings is 1. The fourth-order valence-corrected chi connectivity index (χ4v) is 4.55. The van der Waals surface area contributed by atoms with Crippen LogP contribution in [0.5, 0.6) is 0 Å². The van der Waals surface area contributed by atoms with Crippen molar-refractivity contribution in [3.05, 3.63) is 30.7 Å². The van der Waals surface area contributed by atoms with Gasteiger partial charge < -0.3 is 14.6 Å². The minimum absolute atomic E-state index is 0.252. The van der Waals surface area contributed by atoms with Crippen molar-refractivity contribution in [1.29, 1.82) is 0 Å². The zero-order chi connectivity index (χ0) is 20.5. The molecule has 3 aromatic rings. The molecule has 1 N–H and O–H groups in total. The van der Waals surface area contributed by atoms with Gasteiger partial charge in [-0.25, -0.2) is 15.0 Å². The Morgan fingerprint density at radius 3 is 2.60 bits per heavy atom. The number of aromatic nitrogens is 5. The molecule has 2 fully saturated rings.